The Kier molecular flexibility index (Phi) is 8.07. The SMILES string of the molecule is Cc1nc2ccccc2n1-c1ccccc1-c1ccccc1-c1ccccc1-c1cccc(-c2cc(-c3ccccc3)cc(-c3ccccc3)n2)c1. The summed E-state index contributed by atoms with van der Waals surface area (Å²) in [6, 6.07) is 68.7. The van der Waals surface area contributed by atoms with Gasteiger partial charge in [-0.25, -0.2) is 9.97 Å². The molecule has 0 unspecified atom stereocenters. The Morgan fingerprint density at radius 1 is 0.346 bits per heavy atom. The molecule has 0 radical (unpaired) electrons. The molecule has 0 N–H and O–H groups in total. The van der Waals surface area contributed by atoms with Gasteiger partial charge in [-0.2, -0.15) is 0 Å². The molecule has 0 amide bonds. The first-order valence-corrected chi connectivity index (χ1v) is 17.7. The first kappa shape index (κ1) is 31.2. The van der Waals surface area contributed by atoms with E-state index in [9.17, 15) is 0 Å². The van der Waals surface area contributed by atoms with Crippen LogP contribution >= 0.6 is 0 Å². The van der Waals surface area contributed by atoms with E-state index in [1.54, 1.807) is 0 Å². The first-order valence-electron chi connectivity index (χ1n) is 17.7. The maximum absolute atomic E-state index is 5.22. The Hall–Kier alpha value is -6.84. The lowest BCUT2D eigenvalue weighted by Crippen LogP contribution is -2.00. The summed E-state index contributed by atoms with van der Waals surface area (Å²) >= 11 is 0. The Morgan fingerprint density at radius 3 is 1.58 bits per heavy atom. The van der Waals surface area contributed by atoms with Crippen LogP contribution in [0.3, 0.4) is 0 Å². The van der Waals surface area contributed by atoms with Gasteiger partial charge in [-0.3, -0.25) is 4.57 Å². The summed E-state index contributed by atoms with van der Waals surface area (Å²) in [5.74, 6) is 0.962. The van der Waals surface area contributed by atoms with Gasteiger partial charge < -0.3 is 0 Å². The van der Waals surface area contributed by atoms with Crippen LogP contribution in [0.25, 0.3) is 83.7 Å². The van der Waals surface area contributed by atoms with E-state index >= 15 is 0 Å². The fraction of sp³-hybridized carbons (Fsp3) is 0.0204. The standard InChI is InChI=1S/C49H35N3/c1-34-50-45-28-13-15-30-49(45)52(34)48-29-14-12-27-44(48)43-26-11-10-25-42(43)41-24-9-8-23-40(41)37-21-16-22-38(31-37)47-33-39(35-17-4-2-5-18-35)32-46(51-47)36-19-6-3-7-20-36/h2-33H,1H3. The summed E-state index contributed by atoms with van der Waals surface area (Å²) in [5, 5.41) is 0. The highest BCUT2D eigenvalue weighted by atomic mass is 15.1. The number of hydrogen-bond acceptors (Lipinski definition) is 2. The number of para-hydroxylation sites is 3. The molecule has 0 aliphatic rings. The van der Waals surface area contributed by atoms with Gasteiger partial charge in [0.25, 0.3) is 0 Å². The van der Waals surface area contributed by atoms with Gasteiger partial charge in [0.2, 0.25) is 0 Å². The minimum absolute atomic E-state index is 0.941. The summed E-state index contributed by atoms with van der Waals surface area (Å²) in [4.78, 5) is 10.1. The molecule has 52 heavy (non-hydrogen) atoms. The van der Waals surface area contributed by atoms with Gasteiger partial charge in [-0.05, 0) is 82.3 Å². The molecule has 2 heterocycles. The number of aromatic nitrogens is 3. The molecule has 3 nitrogen and oxygen atoms in total. The molecule has 3 heteroatoms. The number of benzene rings is 7. The lowest BCUT2D eigenvalue weighted by atomic mass is 9.88. The van der Waals surface area contributed by atoms with E-state index in [1.165, 1.54) is 27.8 Å². The normalized spacial score (nSPS) is 11.2. The Morgan fingerprint density at radius 2 is 0.846 bits per heavy atom. The molecule has 0 aliphatic heterocycles. The van der Waals surface area contributed by atoms with Crippen LogP contribution in [0.15, 0.2) is 194 Å². The Balaban J connectivity index is 1.17. The van der Waals surface area contributed by atoms with Crippen molar-refractivity contribution in [1.29, 1.82) is 0 Å². The fourth-order valence-electron chi connectivity index (χ4n) is 7.35. The maximum atomic E-state index is 5.22. The van der Waals surface area contributed by atoms with Crippen LogP contribution in [0.5, 0.6) is 0 Å². The third kappa shape index (κ3) is 5.78. The third-order valence-electron chi connectivity index (χ3n) is 9.78. The third-order valence-corrected chi connectivity index (χ3v) is 9.78. The maximum Gasteiger partial charge on any atom is 0.111 e. The molecule has 0 saturated carbocycles. The predicted octanol–water partition coefficient (Wildman–Crippen LogP) is 12.7. The van der Waals surface area contributed by atoms with Crippen molar-refractivity contribution in [3.8, 4) is 72.7 Å². The van der Waals surface area contributed by atoms with Crippen molar-refractivity contribution in [2.75, 3.05) is 0 Å². The quantitative estimate of drug-likeness (QED) is 0.170. The fourth-order valence-corrected chi connectivity index (χ4v) is 7.35. The molecule has 7 aromatic carbocycles. The number of pyridine rings is 1. The molecule has 0 atom stereocenters. The zero-order valence-corrected chi connectivity index (χ0v) is 28.8. The molecule has 0 aliphatic carbocycles. The average molecular weight is 666 g/mol. The Labute approximate surface area is 304 Å². The van der Waals surface area contributed by atoms with Crippen molar-refractivity contribution in [1.82, 2.24) is 14.5 Å². The van der Waals surface area contributed by atoms with Crippen LogP contribution in [0.4, 0.5) is 0 Å². The molecule has 9 rings (SSSR count). The highest BCUT2D eigenvalue weighted by molar-refractivity contribution is 5.95. The molecular weight excluding hydrogens is 631 g/mol. The number of imidazole rings is 1. The number of rotatable bonds is 7. The summed E-state index contributed by atoms with van der Waals surface area (Å²) in [6.07, 6.45) is 0. The highest BCUT2D eigenvalue weighted by Gasteiger charge is 2.18. The van der Waals surface area contributed by atoms with Crippen molar-refractivity contribution < 1.29 is 0 Å². The number of aryl methyl sites for hydroxylation is 1. The van der Waals surface area contributed by atoms with Crippen LogP contribution in [-0.2, 0) is 0 Å². The van der Waals surface area contributed by atoms with Crippen molar-refractivity contribution in [2.24, 2.45) is 0 Å². The van der Waals surface area contributed by atoms with E-state index in [-0.39, 0.29) is 0 Å². The average Bonchev–Trinajstić information content (AvgIpc) is 3.56. The summed E-state index contributed by atoms with van der Waals surface area (Å²) in [7, 11) is 0. The van der Waals surface area contributed by atoms with Crippen LogP contribution < -0.4 is 0 Å². The lowest BCUT2D eigenvalue weighted by Gasteiger charge is -2.18. The van der Waals surface area contributed by atoms with Gasteiger partial charge in [-0.1, -0.05) is 158 Å². The Bertz CT molecular complexity index is 2630. The van der Waals surface area contributed by atoms with Gasteiger partial charge in [0, 0.05) is 16.7 Å². The van der Waals surface area contributed by atoms with E-state index in [1.807, 2.05) is 12.1 Å². The summed E-state index contributed by atoms with van der Waals surface area (Å²) in [5.41, 5.74) is 16.6. The monoisotopic (exact) mass is 665 g/mol. The zero-order chi connectivity index (χ0) is 34.9. The molecular formula is C49H35N3. The van der Waals surface area contributed by atoms with E-state index in [0.717, 1.165) is 61.8 Å². The second kappa shape index (κ2) is 13.5. The molecule has 2 aromatic heterocycles. The van der Waals surface area contributed by atoms with Gasteiger partial charge >= 0.3 is 0 Å². The van der Waals surface area contributed by atoms with Crippen LogP contribution in [0, 0.1) is 6.92 Å². The molecule has 0 spiro atoms. The van der Waals surface area contributed by atoms with E-state index in [4.69, 9.17) is 9.97 Å². The molecule has 9 aromatic rings. The van der Waals surface area contributed by atoms with Crippen molar-refractivity contribution >= 4 is 11.0 Å². The number of hydrogen-bond donors (Lipinski definition) is 0. The minimum Gasteiger partial charge on any atom is -0.296 e. The molecule has 0 fully saturated rings. The van der Waals surface area contributed by atoms with Crippen LogP contribution in [0.2, 0.25) is 0 Å². The number of nitrogens with zero attached hydrogens (tertiary/aromatic N) is 3. The van der Waals surface area contributed by atoms with Crippen molar-refractivity contribution in [3.63, 3.8) is 0 Å². The van der Waals surface area contributed by atoms with E-state index < -0.39 is 0 Å². The number of fused-ring (bicyclic) bond motifs is 1. The van der Waals surface area contributed by atoms with Crippen molar-refractivity contribution in [3.05, 3.63) is 200 Å². The van der Waals surface area contributed by atoms with Crippen LogP contribution in [-0.4, -0.2) is 14.5 Å². The topological polar surface area (TPSA) is 30.7 Å². The second-order valence-electron chi connectivity index (χ2n) is 13.0. The minimum atomic E-state index is 0.941. The van der Waals surface area contributed by atoms with E-state index in [2.05, 4.69) is 193 Å². The summed E-state index contributed by atoms with van der Waals surface area (Å²) < 4.78 is 2.27. The van der Waals surface area contributed by atoms with Gasteiger partial charge in [0.05, 0.1) is 28.1 Å². The van der Waals surface area contributed by atoms with E-state index in [0.29, 0.717) is 0 Å². The highest BCUT2D eigenvalue weighted by Crippen LogP contribution is 2.41. The lowest BCUT2D eigenvalue weighted by molar-refractivity contribution is 1.00. The molecule has 0 bridgehead atoms. The van der Waals surface area contributed by atoms with Crippen molar-refractivity contribution in [2.45, 2.75) is 6.92 Å². The van der Waals surface area contributed by atoms with Crippen LogP contribution in [0.1, 0.15) is 5.82 Å². The molecule has 0 saturated heterocycles. The second-order valence-corrected chi connectivity index (χ2v) is 13.0. The molecule has 246 valence electrons. The van der Waals surface area contributed by atoms with Gasteiger partial charge in [0.1, 0.15) is 5.82 Å². The smallest absolute Gasteiger partial charge is 0.111 e. The zero-order valence-electron chi connectivity index (χ0n) is 28.8. The first-order chi connectivity index (χ1) is 25.7. The predicted molar refractivity (Wildman–Crippen MR) is 216 cm³/mol. The van der Waals surface area contributed by atoms with Gasteiger partial charge in [0.15, 0.2) is 0 Å². The largest absolute Gasteiger partial charge is 0.296 e. The summed E-state index contributed by atoms with van der Waals surface area (Å²) in [6.45, 7) is 2.08. The van der Waals surface area contributed by atoms with Gasteiger partial charge in [-0.15, -0.1) is 0 Å².